The largest absolute Gasteiger partial charge is 0.394 e. The molecule has 27 heavy (non-hydrogen) atoms. The van der Waals surface area contributed by atoms with E-state index >= 15 is 0 Å². The molecule has 0 spiro atoms. The normalized spacial score (nSPS) is 16.3. The number of ether oxygens (including phenoxy) is 1. The maximum atomic E-state index is 9.62. The van der Waals surface area contributed by atoms with Gasteiger partial charge in [0.25, 0.3) is 0 Å². The fraction of sp³-hybridized carbons (Fsp3) is 1.00. The van der Waals surface area contributed by atoms with E-state index in [1.165, 1.54) is 0 Å². The van der Waals surface area contributed by atoms with Crippen molar-refractivity contribution in [3.05, 3.63) is 0 Å². The van der Waals surface area contributed by atoms with E-state index in [2.05, 4.69) is 29.3 Å². The maximum Gasteiger partial charge on any atom is 0.343 e. The van der Waals surface area contributed by atoms with Crippen LogP contribution in [0.15, 0.2) is 0 Å². The van der Waals surface area contributed by atoms with E-state index < -0.39 is 70.0 Å². The Balaban J connectivity index is 3.92. The van der Waals surface area contributed by atoms with Crippen molar-refractivity contribution in [1.29, 1.82) is 0 Å². The first-order valence-corrected chi connectivity index (χ1v) is 7.48. The molecule has 3 atom stereocenters. The van der Waals surface area contributed by atoms with Crippen molar-refractivity contribution in [2.45, 2.75) is 30.4 Å². The highest BCUT2D eigenvalue weighted by Gasteiger charge is 2.27. The summed E-state index contributed by atoms with van der Waals surface area (Å²) in [6.07, 6.45) is -3.76. The lowest BCUT2D eigenvalue weighted by Crippen LogP contribution is -2.56. The van der Waals surface area contributed by atoms with Gasteiger partial charge in [-0.15, -0.1) is 0 Å². The highest BCUT2D eigenvalue weighted by molar-refractivity contribution is 4.55. The predicted molar refractivity (Wildman–Crippen MR) is 81.5 cm³/mol. The van der Waals surface area contributed by atoms with E-state index in [1.807, 2.05) is 0 Å². The van der Waals surface area contributed by atoms with E-state index in [-0.39, 0.29) is 0 Å². The summed E-state index contributed by atoms with van der Waals surface area (Å²) < 4.78 is 4.80. The summed E-state index contributed by atoms with van der Waals surface area (Å²) in [5, 5.41) is 44.8. The van der Waals surface area contributed by atoms with E-state index in [1.54, 1.807) is 0 Å². The molecule has 0 bridgehead atoms. The van der Waals surface area contributed by atoms with Crippen LogP contribution < -0.4 is 22.9 Å². The van der Waals surface area contributed by atoms with Gasteiger partial charge in [0.1, 0.15) is 38.1 Å². The molecule has 0 aromatic heterocycles. The van der Waals surface area contributed by atoms with Gasteiger partial charge in [0.15, 0.2) is 0 Å². The Morgan fingerprint density at radius 1 is 0.593 bits per heavy atom. The van der Waals surface area contributed by atoms with Gasteiger partial charge in [-0.3, -0.25) is 22.9 Å². The Kier molecular flexibility index (Phi) is 13.2. The minimum atomic E-state index is -2.38. The average molecular weight is 408 g/mol. The summed E-state index contributed by atoms with van der Waals surface area (Å²) >= 11 is 0. The Hall–Kier alpha value is -0.640. The van der Waals surface area contributed by atoms with Crippen molar-refractivity contribution >= 4 is 0 Å². The molecule has 0 aliphatic rings. The monoisotopic (exact) mass is 408 g/mol. The highest BCUT2D eigenvalue weighted by atomic mass is 17.3. The smallest absolute Gasteiger partial charge is 0.343 e. The van der Waals surface area contributed by atoms with Crippen LogP contribution in [0, 0.1) is 0 Å². The predicted octanol–water partition coefficient (Wildman–Crippen LogP) is -6.03. The van der Waals surface area contributed by atoms with Crippen molar-refractivity contribution < 1.29 is 59.6 Å². The zero-order valence-electron chi connectivity index (χ0n) is 14.4. The standard InChI is InChI=1S/C11H28N4O12/c12-10(13,25-22-4-7(18)1-16)21-3-9(20)6-24-27-11(14,15)26-23-5-8(19)2-17/h7-9,16-20H,1-6,12-15H2. The molecule has 0 saturated heterocycles. The first-order valence-electron chi connectivity index (χ1n) is 7.48. The fourth-order valence-electron chi connectivity index (χ4n) is 1.03. The third kappa shape index (κ3) is 15.0. The lowest BCUT2D eigenvalue weighted by molar-refractivity contribution is -0.513. The lowest BCUT2D eigenvalue weighted by Gasteiger charge is -2.25. The topological polar surface area (TPSA) is 270 Å². The van der Waals surface area contributed by atoms with Gasteiger partial charge in [-0.05, 0) is 0 Å². The zero-order valence-corrected chi connectivity index (χ0v) is 14.4. The zero-order chi connectivity index (χ0) is 20.9. The summed E-state index contributed by atoms with van der Waals surface area (Å²) in [4.78, 5) is 26.6. The van der Waals surface area contributed by atoms with Gasteiger partial charge >= 0.3 is 12.1 Å². The SMILES string of the molecule is NC(N)(OCC(O)COOC(N)(N)OOCC(O)CO)OOCC(O)CO. The molecule has 0 fully saturated rings. The van der Waals surface area contributed by atoms with Gasteiger partial charge in [-0.25, -0.2) is 14.7 Å². The maximum absolute atomic E-state index is 9.62. The van der Waals surface area contributed by atoms with Gasteiger partial charge in [0.2, 0.25) is 0 Å². The minimum Gasteiger partial charge on any atom is -0.394 e. The molecule has 16 nitrogen and oxygen atoms in total. The van der Waals surface area contributed by atoms with Crippen molar-refractivity contribution in [2.75, 3.05) is 39.6 Å². The van der Waals surface area contributed by atoms with Crippen LogP contribution in [0.3, 0.4) is 0 Å². The molecule has 164 valence electrons. The molecule has 0 aromatic rings. The number of hydrogen-bond donors (Lipinski definition) is 9. The molecule has 3 unspecified atom stereocenters. The average Bonchev–Trinajstić information content (AvgIpc) is 2.59. The summed E-state index contributed by atoms with van der Waals surface area (Å²) in [6, 6.07) is -4.65. The molecule has 0 amide bonds. The van der Waals surface area contributed by atoms with Gasteiger partial charge in [-0.1, -0.05) is 0 Å². The third-order valence-corrected chi connectivity index (χ3v) is 2.27. The second kappa shape index (κ2) is 13.5. The van der Waals surface area contributed by atoms with Gasteiger partial charge in [-0.2, -0.15) is 14.7 Å². The molecule has 16 heteroatoms. The van der Waals surface area contributed by atoms with Crippen LogP contribution in [-0.4, -0.2) is 95.6 Å². The third-order valence-electron chi connectivity index (χ3n) is 2.27. The first kappa shape index (κ1) is 26.4. The molecule has 0 rings (SSSR count). The van der Waals surface area contributed by atoms with Crippen molar-refractivity contribution in [2.24, 2.45) is 22.9 Å². The van der Waals surface area contributed by atoms with Crippen LogP contribution in [0.4, 0.5) is 0 Å². The Morgan fingerprint density at radius 3 is 1.37 bits per heavy atom. The molecule has 0 heterocycles. The quantitative estimate of drug-likeness (QED) is 0.0615. The Bertz CT molecular complexity index is 377. The van der Waals surface area contributed by atoms with Crippen LogP contribution in [0.25, 0.3) is 0 Å². The number of aliphatic hydroxyl groups excluding tert-OH is 5. The summed E-state index contributed by atoms with van der Waals surface area (Å²) in [5.74, 6) is 0. The fourth-order valence-corrected chi connectivity index (χ4v) is 1.03. The Morgan fingerprint density at radius 2 is 0.963 bits per heavy atom. The van der Waals surface area contributed by atoms with E-state index in [4.69, 9.17) is 48.1 Å². The number of nitrogens with two attached hydrogens (primary N) is 4. The van der Waals surface area contributed by atoms with E-state index in [0.717, 1.165) is 0 Å². The number of aliphatic hydroxyl groups is 5. The first-order chi connectivity index (χ1) is 12.5. The molecular weight excluding hydrogens is 380 g/mol. The number of hydrogen-bond acceptors (Lipinski definition) is 16. The van der Waals surface area contributed by atoms with Crippen LogP contribution in [0.2, 0.25) is 0 Å². The van der Waals surface area contributed by atoms with E-state index in [0.29, 0.717) is 0 Å². The molecular formula is C11H28N4O12. The van der Waals surface area contributed by atoms with Gasteiger partial charge < -0.3 is 30.3 Å². The molecule has 0 radical (unpaired) electrons. The molecule has 0 saturated carbocycles. The second-order valence-corrected chi connectivity index (χ2v) is 5.18. The summed E-state index contributed by atoms with van der Waals surface area (Å²) in [7, 11) is 0. The van der Waals surface area contributed by atoms with Crippen molar-refractivity contribution in [3.63, 3.8) is 0 Å². The molecule has 0 aromatic carbocycles. The van der Waals surface area contributed by atoms with Crippen LogP contribution >= 0.6 is 0 Å². The minimum absolute atomic E-state index is 0.429. The van der Waals surface area contributed by atoms with Crippen LogP contribution in [0.5, 0.6) is 0 Å². The van der Waals surface area contributed by atoms with Crippen molar-refractivity contribution in [1.82, 2.24) is 0 Å². The highest BCUT2D eigenvalue weighted by Crippen LogP contribution is 2.03. The molecule has 0 aliphatic heterocycles. The summed E-state index contributed by atoms with van der Waals surface area (Å²) in [6.45, 7) is -3.05. The van der Waals surface area contributed by atoms with Crippen molar-refractivity contribution in [3.8, 4) is 0 Å². The molecule has 13 N–H and O–H groups in total. The van der Waals surface area contributed by atoms with Gasteiger partial charge in [0.05, 0.1) is 19.8 Å². The van der Waals surface area contributed by atoms with E-state index in [9.17, 15) is 5.11 Å². The lowest BCUT2D eigenvalue weighted by atomic mass is 10.4. The van der Waals surface area contributed by atoms with Gasteiger partial charge in [0, 0.05) is 0 Å². The van der Waals surface area contributed by atoms with Crippen LogP contribution in [0.1, 0.15) is 0 Å². The Labute approximate surface area is 153 Å². The second-order valence-electron chi connectivity index (χ2n) is 5.18. The number of rotatable bonds is 17. The van der Waals surface area contributed by atoms with Crippen LogP contribution in [-0.2, 0) is 34.1 Å². The summed E-state index contributed by atoms with van der Waals surface area (Å²) in [5.41, 5.74) is 21.2. The molecule has 0 aliphatic carbocycles.